The summed E-state index contributed by atoms with van der Waals surface area (Å²) in [7, 11) is 0. The lowest BCUT2D eigenvalue weighted by molar-refractivity contribution is 0.0690. The molecule has 0 spiro atoms. The number of nitrogens with zero attached hydrogens (tertiary/aromatic N) is 1. The third-order valence-electron chi connectivity index (χ3n) is 4.01. The van der Waals surface area contributed by atoms with Crippen molar-refractivity contribution in [3.63, 3.8) is 0 Å². The molecule has 1 aliphatic heterocycles. The van der Waals surface area contributed by atoms with Gasteiger partial charge in [-0.25, -0.2) is 4.79 Å². The van der Waals surface area contributed by atoms with Gasteiger partial charge in [0, 0.05) is 18.7 Å². The number of carboxylic acid groups (broad SMARTS) is 1. The predicted octanol–water partition coefficient (Wildman–Crippen LogP) is 2.83. The van der Waals surface area contributed by atoms with Crippen LogP contribution < -0.4 is 0 Å². The van der Waals surface area contributed by atoms with E-state index in [0.717, 1.165) is 25.5 Å². The van der Waals surface area contributed by atoms with Crippen LogP contribution in [0.2, 0.25) is 0 Å². The third-order valence-corrected chi connectivity index (χ3v) is 4.01. The summed E-state index contributed by atoms with van der Waals surface area (Å²) in [5.74, 6) is -1.23. The van der Waals surface area contributed by atoms with Crippen LogP contribution in [-0.4, -0.2) is 34.5 Å². The predicted molar refractivity (Wildman–Crippen MR) is 79.9 cm³/mol. The summed E-state index contributed by atoms with van der Waals surface area (Å²) in [6.07, 6.45) is 3.82. The molecule has 5 nitrogen and oxygen atoms in total. The van der Waals surface area contributed by atoms with E-state index in [4.69, 9.17) is 9.52 Å². The maximum Gasteiger partial charge on any atom is 0.338 e. The van der Waals surface area contributed by atoms with Crippen LogP contribution in [0.4, 0.5) is 0 Å². The number of hydrogen-bond donors (Lipinski definition) is 1. The molecule has 1 saturated heterocycles. The van der Waals surface area contributed by atoms with Gasteiger partial charge in [-0.1, -0.05) is 30.3 Å². The van der Waals surface area contributed by atoms with E-state index in [0.29, 0.717) is 6.54 Å². The molecule has 0 radical (unpaired) electrons. The minimum Gasteiger partial charge on any atom is -0.478 e. The molecule has 1 aromatic carbocycles. The summed E-state index contributed by atoms with van der Waals surface area (Å²) in [5, 5.41) is 8.91. The summed E-state index contributed by atoms with van der Waals surface area (Å²) in [6.45, 7) is 0.680. The maximum absolute atomic E-state index is 12.5. The van der Waals surface area contributed by atoms with E-state index in [1.807, 2.05) is 18.2 Å². The molecule has 1 unspecified atom stereocenters. The Morgan fingerprint density at radius 2 is 2.05 bits per heavy atom. The Balaban J connectivity index is 1.74. The number of carboxylic acids is 1. The molecule has 22 heavy (non-hydrogen) atoms. The zero-order chi connectivity index (χ0) is 15.5. The SMILES string of the molecule is O=C(O)c1coc(C(=O)N2CCCC2Cc2ccccc2)c1. The van der Waals surface area contributed by atoms with Gasteiger partial charge in [0.1, 0.15) is 6.26 Å². The average Bonchev–Trinajstić information content (AvgIpc) is 3.17. The Morgan fingerprint density at radius 1 is 1.27 bits per heavy atom. The summed E-state index contributed by atoms with van der Waals surface area (Å²) in [6, 6.07) is 11.5. The Kier molecular flexibility index (Phi) is 3.96. The van der Waals surface area contributed by atoms with Gasteiger partial charge in [-0.2, -0.15) is 0 Å². The number of benzene rings is 1. The highest BCUT2D eigenvalue weighted by molar-refractivity contribution is 5.95. The zero-order valence-corrected chi connectivity index (χ0v) is 12.1. The quantitative estimate of drug-likeness (QED) is 0.942. The van der Waals surface area contributed by atoms with Crippen LogP contribution >= 0.6 is 0 Å². The van der Waals surface area contributed by atoms with Crippen molar-refractivity contribution in [2.24, 2.45) is 0 Å². The number of likely N-dealkylation sites (tertiary alicyclic amines) is 1. The molecule has 1 N–H and O–H groups in total. The van der Waals surface area contributed by atoms with Gasteiger partial charge in [-0.15, -0.1) is 0 Å². The molecular formula is C17H17NO4. The Bertz CT molecular complexity index is 677. The average molecular weight is 299 g/mol. The lowest BCUT2D eigenvalue weighted by Gasteiger charge is -2.23. The van der Waals surface area contributed by atoms with Crippen molar-refractivity contribution in [3.8, 4) is 0 Å². The van der Waals surface area contributed by atoms with E-state index in [9.17, 15) is 9.59 Å². The fourth-order valence-corrected chi connectivity index (χ4v) is 2.90. The summed E-state index contributed by atoms with van der Waals surface area (Å²) in [5.41, 5.74) is 1.19. The molecule has 2 heterocycles. The van der Waals surface area contributed by atoms with Gasteiger partial charge in [0.25, 0.3) is 5.91 Å². The minimum absolute atomic E-state index is 0.00200. The molecule has 1 atom stereocenters. The van der Waals surface area contributed by atoms with Gasteiger partial charge in [0.2, 0.25) is 0 Å². The summed E-state index contributed by atoms with van der Waals surface area (Å²) < 4.78 is 5.13. The van der Waals surface area contributed by atoms with Gasteiger partial charge in [-0.3, -0.25) is 4.79 Å². The van der Waals surface area contributed by atoms with E-state index < -0.39 is 5.97 Å². The molecule has 3 rings (SSSR count). The number of carbonyl (C=O) groups excluding carboxylic acids is 1. The monoisotopic (exact) mass is 299 g/mol. The number of hydrogen-bond acceptors (Lipinski definition) is 3. The first-order valence-corrected chi connectivity index (χ1v) is 7.32. The first kappa shape index (κ1) is 14.4. The second kappa shape index (κ2) is 6.05. The van der Waals surface area contributed by atoms with Crippen molar-refractivity contribution in [1.29, 1.82) is 0 Å². The highest BCUT2D eigenvalue weighted by Crippen LogP contribution is 2.24. The lowest BCUT2D eigenvalue weighted by atomic mass is 10.0. The van der Waals surface area contributed by atoms with E-state index in [2.05, 4.69) is 12.1 Å². The Labute approximate surface area is 128 Å². The number of furan rings is 1. The van der Waals surface area contributed by atoms with Crippen molar-refractivity contribution in [2.75, 3.05) is 6.54 Å². The Hall–Kier alpha value is -2.56. The third kappa shape index (κ3) is 2.88. The minimum atomic E-state index is -1.09. The molecule has 5 heteroatoms. The maximum atomic E-state index is 12.5. The van der Waals surface area contributed by atoms with Crippen LogP contribution in [0.15, 0.2) is 47.1 Å². The fraction of sp³-hybridized carbons (Fsp3) is 0.294. The molecule has 2 aromatic rings. The van der Waals surface area contributed by atoms with Crippen molar-refractivity contribution in [1.82, 2.24) is 4.90 Å². The molecule has 1 aromatic heterocycles. The van der Waals surface area contributed by atoms with E-state index >= 15 is 0 Å². The first-order valence-electron chi connectivity index (χ1n) is 7.32. The second-order valence-corrected chi connectivity index (χ2v) is 5.49. The number of amides is 1. The number of rotatable bonds is 4. The number of aromatic carboxylic acids is 1. The van der Waals surface area contributed by atoms with Crippen LogP contribution in [0.3, 0.4) is 0 Å². The van der Waals surface area contributed by atoms with Crippen LogP contribution in [-0.2, 0) is 6.42 Å². The van der Waals surface area contributed by atoms with E-state index in [1.165, 1.54) is 11.6 Å². The van der Waals surface area contributed by atoms with Crippen molar-refractivity contribution >= 4 is 11.9 Å². The smallest absolute Gasteiger partial charge is 0.338 e. The van der Waals surface area contributed by atoms with Gasteiger partial charge >= 0.3 is 5.97 Å². The van der Waals surface area contributed by atoms with Gasteiger partial charge in [0.15, 0.2) is 5.76 Å². The summed E-state index contributed by atoms with van der Waals surface area (Å²) in [4.78, 5) is 25.2. The highest BCUT2D eigenvalue weighted by Gasteiger charge is 2.31. The molecule has 114 valence electrons. The first-order chi connectivity index (χ1) is 10.6. The molecule has 1 fully saturated rings. The van der Waals surface area contributed by atoms with Crippen molar-refractivity contribution in [3.05, 3.63) is 59.5 Å². The molecule has 1 amide bonds. The second-order valence-electron chi connectivity index (χ2n) is 5.49. The highest BCUT2D eigenvalue weighted by atomic mass is 16.4. The van der Waals surface area contributed by atoms with Crippen LogP contribution in [0.1, 0.15) is 39.3 Å². The molecule has 0 bridgehead atoms. The van der Waals surface area contributed by atoms with Gasteiger partial charge in [-0.05, 0) is 24.8 Å². The zero-order valence-electron chi connectivity index (χ0n) is 12.1. The van der Waals surface area contributed by atoms with Gasteiger partial charge < -0.3 is 14.4 Å². The molecular weight excluding hydrogens is 282 g/mol. The Morgan fingerprint density at radius 3 is 2.73 bits per heavy atom. The van der Waals surface area contributed by atoms with E-state index in [1.54, 1.807) is 4.90 Å². The van der Waals surface area contributed by atoms with Crippen LogP contribution in [0.5, 0.6) is 0 Å². The van der Waals surface area contributed by atoms with Gasteiger partial charge in [0.05, 0.1) is 5.56 Å². The normalized spacial score (nSPS) is 17.6. The van der Waals surface area contributed by atoms with E-state index in [-0.39, 0.29) is 23.3 Å². The largest absolute Gasteiger partial charge is 0.478 e. The standard InChI is InChI=1S/C17H17NO4/c19-16(15-10-13(11-22-15)17(20)21)18-8-4-7-14(18)9-12-5-2-1-3-6-12/h1-3,5-6,10-11,14H,4,7-9H2,(H,20,21). The fourth-order valence-electron chi connectivity index (χ4n) is 2.90. The lowest BCUT2D eigenvalue weighted by Crippen LogP contribution is -2.36. The van der Waals surface area contributed by atoms with Crippen LogP contribution in [0, 0.1) is 0 Å². The number of carbonyl (C=O) groups is 2. The molecule has 1 aliphatic rings. The topological polar surface area (TPSA) is 70.7 Å². The molecule has 0 aliphatic carbocycles. The van der Waals surface area contributed by atoms with Crippen molar-refractivity contribution < 1.29 is 19.1 Å². The molecule has 0 saturated carbocycles. The summed E-state index contributed by atoms with van der Waals surface area (Å²) >= 11 is 0. The van der Waals surface area contributed by atoms with Crippen molar-refractivity contribution in [2.45, 2.75) is 25.3 Å². The van der Waals surface area contributed by atoms with Crippen LogP contribution in [0.25, 0.3) is 0 Å².